The minimum absolute atomic E-state index is 0.236. The van der Waals surface area contributed by atoms with Gasteiger partial charge in [-0.3, -0.25) is 9.10 Å². The van der Waals surface area contributed by atoms with Crippen molar-refractivity contribution in [3.8, 4) is 10.4 Å². The minimum atomic E-state index is -3.78. The van der Waals surface area contributed by atoms with E-state index in [0.717, 1.165) is 21.5 Å². The Morgan fingerprint density at radius 3 is 2.53 bits per heavy atom. The number of thiazole rings is 1. The molecule has 0 aliphatic carbocycles. The molecule has 8 heteroatoms. The monoisotopic (exact) mass is 435 g/mol. The van der Waals surface area contributed by atoms with Crippen LogP contribution >= 0.6 is 11.3 Å². The van der Waals surface area contributed by atoms with Crippen molar-refractivity contribution in [1.82, 2.24) is 4.98 Å². The molecule has 1 aliphatic rings. The summed E-state index contributed by atoms with van der Waals surface area (Å²) in [6, 6.07) is 20.4. The zero-order chi connectivity index (χ0) is 20.9. The van der Waals surface area contributed by atoms with E-state index < -0.39 is 15.9 Å². The first-order valence-corrected chi connectivity index (χ1v) is 11.6. The van der Waals surface area contributed by atoms with E-state index in [9.17, 15) is 13.2 Å². The van der Waals surface area contributed by atoms with E-state index in [1.807, 2.05) is 49.4 Å². The van der Waals surface area contributed by atoms with Gasteiger partial charge in [-0.2, -0.15) is 0 Å². The van der Waals surface area contributed by atoms with Gasteiger partial charge in [0.1, 0.15) is 6.54 Å². The number of rotatable bonds is 4. The Hall–Kier alpha value is -3.23. The lowest BCUT2D eigenvalue weighted by Gasteiger charge is -2.17. The molecule has 0 bridgehead atoms. The predicted octanol–water partition coefficient (Wildman–Crippen LogP) is 4.42. The van der Waals surface area contributed by atoms with Crippen LogP contribution in [0.25, 0.3) is 21.2 Å². The van der Waals surface area contributed by atoms with Gasteiger partial charge in [-0.05, 0) is 30.0 Å². The maximum Gasteiger partial charge on any atom is 0.265 e. The molecular weight excluding hydrogens is 418 g/mol. The van der Waals surface area contributed by atoms with Crippen molar-refractivity contribution in [3.63, 3.8) is 0 Å². The largest absolute Gasteiger partial charge is 0.300 e. The van der Waals surface area contributed by atoms with Crippen LogP contribution < -0.4 is 9.62 Å². The molecular formula is C22H17N3O3S2. The van der Waals surface area contributed by atoms with Gasteiger partial charge >= 0.3 is 0 Å². The second-order valence-corrected chi connectivity index (χ2v) is 9.82. The van der Waals surface area contributed by atoms with Crippen LogP contribution in [0.1, 0.15) is 5.69 Å². The number of anilines is 2. The highest BCUT2D eigenvalue weighted by atomic mass is 32.2. The molecule has 0 saturated carbocycles. The van der Waals surface area contributed by atoms with Gasteiger partial charge in [-0.15, -0.1) is 0 Å². The van der Waals surface area contributed by atoms with Crippen LogP contribution in [0.4, 0.5) is 10.8 Å². The van der Waals surface area contributed by atoms with E-state index in [-0.39, 0.29) is 11.4 Å². The van der Waals surface area contributed by atoms with Gasteiger partial charge in [-0.1, -0.05) is 65.9 Å². The number of aromatic nitrogens is 1. The number of nitrogens with one attached hydrogen (secondary N) is 1. The zero-order valence-electron chi connectivity index (χ0n) is 16.0. The Morgan fingerprint density at radius 2 is 1.77 bits per heavy atom. The molecule has 1 N–H and O–H groups in total. The van der Waals surface area contributed by atoms with Crippen LogP contribution in [0.2, 0.25) is 0 Å². The third-order valence-electron chi connectivity index (χ3n) is 5.05. The summed E-state index contributed by atoms with van der Waals surface area (Å²) in [6.07, 6.45) is 0. The number of aryl methyl sites for hydroxylation is 1. The topological polar surface area (TPSA) is 79.4 Å². The molecule has 0 unspecified atom stereocenters. The van der Waals surface area contributed by atoms with Gasteiger partial charge in [0.15, 0.2) is 5.13 Å². The first-order chi connectivity index (χ1) is 14.4. The Bertz CT molecular complexity index is 1390. The lowest BCUT2D eigenvalue weighted by molar-refractivity contribution is -0.114. The molecule has 1 amide bonds. The van der Waals surface area contributed by atoms with E-state index in [4.69, 9.17) is 0 Å². The summed E-state index contributed by atoms with van der Waals surface area (Å²) in [5.41, 5.74) is 2.36. The fraction of sp³-hybridized carbons (Fsp3) is 0.0909. The van der Waals surface area contributed by atoms with E-state index in [1.165, 1.54) is 15.6 Å². The summed E-state index contributed by atoms with van der Waals surface area (Å²) in [5.74, 6) is -0.434. The number of hydrogen-bond donors (Lipinski definition) is 1. The molecule has 0 fully saturated rings. The standard InChI is InChI=1S/C22H17N3O3S2/c1-14-21(16-7-3-2-4-8-16)29-22(23-14)24-19(26)13-25-17-11-5-9-15-10-6-12-18(20(15)17)30(25,27)28/h2-12H,13H2,1H3,(H,23,24,26). The minimum Gasteiger partial charge on any atom is -0.300 e. The molecule has 1 aliphatic heterocycles. The second kappa shape index (κ2) is 6.93. The Labute approximate surface area is 177 Å². The highest BCUT2D eigenvalue weighted by molar-refractivity contribution is 7.93. The van der Waals surface area contributed by atoms with Crippen molar-refractivity contribution in [3.05, 3.63) is 72.4 Å². The molecule has 0 saturated heterocycles. The normalized spacial score (nSPS) is 14.2. The van der Waals surface area contributed by atoms with Crippen molar-refractivity contribution >= 4 is 48.9 Å². The lowest BCUT2D eigenvalue weighted by atomic mass is 10.1. The number of nitrogens with zero attached hydrogens (tertiary/aromatic N) is 2. The van der Waals surface area contributed by atoms with Crippen molar-refractivity contribution in [2.45, 2.75) is 11.8 Å². The van der Waals surface area contributed by atoms with E-state index in [0.29, 0.717) is 16.2 Å². The fourth-order valence-electron chi connectivity index (χ4n) is 3.72. The SMILES string of the molecule is Cc1nc(NC(=O)CN2c3cccc4cccc(c34)S2(=O)=O)sc1-c1ccccc1. The van der Waals surface area contributed by atoms with Crippen LogP contribution in [0.5, 0.6) is 0 Å². The molecule has 5 rings (SSSR count). The molecule has 0 radical (unpaired) electrons. The van der Waals surface area contributed by atoms with Crippen molar-refractivity contribution < 1.29 is 13.2 Å². The Balaban J connectivity index is 1.42. The summed E-state index contributed by atoms with van der Waals surface area (Å²) in [4.78, 5) is 18.4. The number of carbonyl (C=O) groups is 1. The number of sulfonamides is 1. The molecule has 2 heterocycles. The fourth-order valence-corrected chi connectivity index (χ4v) is 6.38. The molecule has 30 heavy (non-hydrogen) atoms. The summed E-state index contributed by atoms with van der Waals surface area (Å²) in [6.45, 7) is 1.58. The smallest absolute Gasteiger partial charge is 0.265 e. The van der Waals surface area contributed by atoms with Gasteiger partial charge in [-0.25, -0.2) is 13.4 Å². The van der Waals surface area contributed by atoms with E-state index >= 15 is 0 Å². The zero-order valence-corrected chi connectivity index (χ0v) is 17.6. The van der Waals surface area contributed by atoms with Crippen LogP contribution in [0.15, 0.2) is 71.6 Å². The average molecular weight is 436 g/mol. The number of amides is 1. The van der Waals surface area contributed by atoms with Gasteiger partial charge in [0.05, 0.1) is 21.2 Å². The van der Waals surface area contributed by atoms with Crippen molar-refractivity contribution in [2.75, 3.05) is 16.2 Å². The summed E-state index contributed by atoms with van der Waals surface area (Å²) < 4.78 is 27.2. The highest BCUT2D eigenvalue weighted by Crippen LogP contribution is 2.41. The Morgan fingerprint density at radius 1 is 1.03 bits per heavy atom. The highest BCUT2D eigenvalue weighted by Gasteiger charge is 2.36. The van der Waals surface area contributed by atoms with Gasteiger partial charge < -0.3 is 5.32 Å². The quantitative estimate of drug-likeness (QED) is 0.515. The molecule has 1 aromatic heterocycles. The van der Waals surface area contributed by atoms with Gasteiger partial charge in [0.25, 0.3) is 10.0 Å². The van der Waals surface area contributed by atoms with Crippen molar-refractivity contribution in [1.29, 1.82) is 0 Å². The summed E-state index contributed by atoms with van der Waals surface area (Å²) in [7, 11) is -3.78. The predicted molar refractivity (Wildman–Crippen MR) is 119 cm³/mol. The molecule has 6 nitrogen and oxygen atoms in total. The first kappa shape index (κ1) is 18.8. The van der Waals surface area contributed by atoms with Gasteiger partial charge in [0.2, 0.25) is 5.91 Å². The third kappa shape index (κ3) is 2.96. The first-order valence-electron chi connectivity index (χ1n) is 9.32. The van der Waals surface area contributed by atoms with Crippen LogP contribution in [0, 0.1) is 6.92 Å². The van der Waals surface area contributed by atoms with E-state index in [1.54, 1.807) is 24.3 Å². The average Bonchev–Trinajstić information content (AvgIpc) is 3.20. The molecule has 150 valence electrons. The molecule has 0 atom stereocenters. The number of hydrogen-bond acceptors (Lipinski definition) is 5. The summed E-state index contributed by atoms with van der Waals surface area (Å²) >= 11 is 1.37. The summed E-state index contributed by atoms with van der Waals surface area (Å²) in [5, 5.41) is 4.70. The Kier molecular flexibility index (Phi) is 4.34. The molecule has 4 aromatic rings. The van der Waals surface area contributed by atoms with Crippen LogP contribution in [-0.2, 0) is 14.8 Å². The van der Waals surface area contributed by atoms with E-state index in [2.05, 4.69) is 10.3 Å². The van der Waals surface area contributed by atoms with Gasteiger partial charge in [0, 0.05) is 5.39 Å². The third-order valence-corrected chi connectivity index (χ3v) is 7.97. The maximum absolute atomic E-state index is 13.0. The second-order valence-electron chi connectivity index (χ2n) is 6.99. The number of carbonyl (C=O) groups excluding carboxylic acids is 1. The maximum atomic E-state index is 13.0. The molecule has 0 spiro atoms. The number of benzene rings is 3. The van der Waals surface area contributed by atoms with Crippen LogP contribution in [0.3, 0.4) is 0 Å². The lowest BCUT2D eigenvalue weighted by Crippen LogP contribution is -2.35. The van der Waals surface area contributed by atoms with Crippen molar-refractivity contribution in [2.24, 2.45) is 0 Å². The molecule has 3 aromatic carbocycles. The van der Waals surface area contributed by atoms with Crippen LogP contribution in [-0.4, -0.2) is 25.9 Å².